The smallest absolute Gasteiger partial charge is 0.254 e. The second kappa shape index (κ2) is 9.11. The molecule has 0 saturated carbocycles. The first-order chi connectivity index (χ1) is 15.4. The third-order valence-corrected chi connectivity index (χ3v) is 6.48. The number of halogens is 1. The van der Waals surface area contributed by atoms with E-state index >= 15 is 0 Å². The van der Waals surface area contributed by atoms with Gasteiger partial charge in [-0.25, -0.2) is 4.39 Å². The van der Waals surface area contributed by atoms with Crippen LogP contribution in [0, 0.1) is 11.7 Å². The van der Waals surface area contributed by atoms with E-state index in [-0.39, 0.29) is 23.5 Å². The molecule has 3 aromatic carbocycles. The molecule has 0 aromatic heterocycles. The summed E-state index contributed by atoms with van der Waals surface area (Å²) in [7, 11) is 0. The molecule has 3 aromatic rings. The van der Waals surface area contributed by atoms with E-state index in [0.717, 1.165) is 10.8 Å². The lowest BCUT2D eigenvalue weighted by Crippen LogP contribution is -2.45. The van der Waals surface area contributed by atoms with Crippen LogP contribution >= 0.6 is 0 Å². The molecule has 1 saturated heterocycles. The Morgan fingerprint density at radius 3 is 2.38 bits per heavy atom. The van der Waals surface area contributed by atoms with Crippen molar-refractivity contribution >= 4 is 22.6 Å². The lowest BCUT2D eigenvalue weighted by Gasteiger charge is -2.33. The summed E-state index contributed by atoms with van der Waals surface area (Å²) in [5.74, 6) is -0.400. The molecule has 0 unspecified atom stereocenters. The van der Waals surface area contributed by atoms with Crippen LogP contribution in [0.15, 0.2) is 66.7 Å². The summed E-state index contributed by atoms with van der Waals surface area (Å²) < 4.78 is 14.2. The average Bonchev–Trinajstić information content (AvgIpc) is 2.82. The number of amides is 2. The minimum absolute atomic E-state index is 0.0151. The van der Waals surface area contributed by atoms with Crippen molar-refractivity contribution in [1.82, 2.24) is 10.2 Å². The van der Waals surface area contributed by atoms with Crippen molar-refractivity contribution in [2.45, 2.75) is 32.1 Å². The molecule has 4 rings (SSSR count). The molecule has 0 bridgehead atoms. The number of nitrogens with one attached hydrogen (secondary N) is 1. The first-order valence-corrected chi connectivity index (χ1v) is 11.2. The Kier molecular flexibility index (Phi) is 6.26. The Morgan fingerprint density at radius 1 is 0.969 bits per heavy atom. The van der Waals surface area contributed by atoms with Crippen LogP contribution in [0.3, 0.4) is 0 Å². The van der Waals surface area contributed by atoms with E-state index in [2.05, 4.69) is 5.32 Å². The molecule has 166 valence electrons. The van der Waals surface area contributed by atoms with Gasteiger partial charge < -0.3 is 10.2 Å². The van der Waals surface area contributed by atoms with Crippen molar-refractivity contribution in [2.24, 2.45) is 5.92 Å². The van der Waals surface area contributed by atoms with E-state index in [4.69, 9.17) is 0 Å². The fourth-order valence-corrected chi connectivity index (χ4v) is 4.48. The molecule has 32 heavy (non-hydrogen) atoms. The average molecular weight is 433 g/mol. The topological polar surface area (TPSA) is 49.4 Å². The van der Waals surface area contributed by atoms with Crippen LogP contribution in [0.4, 0.5) is 4.39 Å². The monoisotopic (exact) mass is 432 g/mol. The van der Waals surface area contributed by atoms with Gasteiger partial charge in [-0.05, 0) is 41.3 Å². The van der Waals surface area contributed by atoms with E-state index in [9.17, 15) is 14.0 Å². The van der Waals surface area contributed by atoms with Crippen LogP contribution in [-0.2, 0) is 10.2 Å². The van der Waals surface area contributed by atoms with Crippen LogP contribution in [0.2, 0.25) is 0 Å². The molecule has 1 aliphatic rings. The molecule has 2 amide bonds. The predicted octanol–water partition coefficient (Wildman–Crippen LogP) is 4.93. The van der Waals surface area contributed by atoms with Gasteiger partial charge in [0.2, 0.25) is 5.91 Å². The molecule has 1 fully saturated rings. The minimum Gasteiger partial charge on any atom is -0.355 e. The van der Waals surface area contributed by atoms with Crippen LogP contribution < -0.4 is 5.32 Å². The van der Waals surface area contributed by atoms with Gasteiger partial charge in [-0.2, -0.15) is 0 Å². The van der Waals surface area contributed by atoms with Gasteiger partial charge in [0, 0.05) is 36.5 Å². The fraction of sp³-hybridized carbons (Fsp3) is 0.333. The van der Waals surface area contributed by atoms with E-state index in [1.165, 1.54) is 6.07 Å². The lowest BCUT2D eigenvalue weighted by molar-refractivity contribution is -0.126. The third-order valence-electron chi connectivity index (χ3n) is 6.48. The number of carbonyl (C=O) groups is 2. The highest BCUT2D eigenvalue weighted by Crippen LogP contribution is 2.26. The van der Waals surface area contributed by atoms with Gasteiger partial charge >= 0.3 is 0 Å². The molecule has 1 N–H and O–H groups in total. The minimum atomic E-state index is -0.508. The van der Waals surface area contributed by atoms with Crippen molar-refractivity contribution in [3.8, 4) is 0 Å². The standard InChI is InChI=1S/C27H29FN2O2/c1-27(2,23-12-5-6-13-24(23)28)18-29-25(31)20-14-16-30(17-15-20)26(32)22-11-7-9-19-8-3-4-10-21(19)22/h3-13,20H,14-18H2,1-2H3,(H,29,31). The third kappa shape index (κ3) is 4.52. The molecule has 1 heterocycles. The SMILES string of the molecule is CC(C)(CNC(=O)C1CCN(C(=O)c2cccc3ccccc23)CC1)c1ccccc1F. The summed E-state index contributed by atoms with van der Waals surface area (Å²) in [5.41, 5.74) is 0.792. The molecule has 0 spiro atoms. The zero-order valence-corrected chi connectivity index (χ0v) is 18.6. The molecule has 0 atom stereocenters. The highest BCUT2D eigenvalue weighted by Gasteiger charge is 2.30. The zero-order chi connectivity index (χ0) is 22.7. The maximum Gasteiger partial charge on any atom is 0.254 e. The number of fused-ring (bicyclic) bond motifs is 1. The molecule has 5 heteroatoms. The summed E-state index contributed by atoms with van der Waals surface area (Å²) in [4.78, 5) is 27.7. The van der Waals surface area contributed by atoms with Crippen LogP contribution in [-0.4, -0.2) is 36.3 Å². The summed E-state index contributed by atoms with van der Waals surface area (Å²) >= 11 is 0. The number of benzene rings is 3. The van der Waals surface area contributed by atoms with E-state index < -0.39 is 5.41 Å². The van der Waals surface area contributed by atoms with E-state index in [1.54, 1.807) is 12.1 Å². The highest BCUT2D eigenvalue weighted by molar-refractivity contribution is 6.07. The number of rotatable bonds is 5. The van der Waals surface area contributed by atoms with Crippen molar-refractivity contribution in [3.05, 3.63) is 83.7 Å². The second-order valence-corrected chi connectivity index (χ2v) is 9.17. The second-order valence-electron chi connectivity index (χ2n) is 9.17. The normalized spacial score (nSPS) is 15.0. The largest absolute Gasteiger partial charge is 0.355 e. The first-order valence-electron chi connectivity index (χ1n) is 11.2. The molecule has 1 aliphatic heterocycles. The van der Waals surface area contributed by atoms with Gasteiger partial charge in [-0.3, -0.25) is 9.59 Å². The highest BCUT2D eigenvalue weighted by atomic mass is 19.1. The number of hydrogen-bond acceptors (Lipinski definition) is 2. The van der Waals surface area contributed by atoms with Crippen LogP contribution in [0.1, 0.15) is 42.6 Å². The Bertz CT molecular complexity index is 1130. The molecular weight excluding hydrogens is 403 g/mol. The predicted molar refractivity (Wildman–Crippen MR) is 125 cm³/mol. The molecule has 0 aliphatic carbocycles. The van der Waals surface area contributed by atoms with Crippen molar-refractivity contribution in [3.63, 3.8) is 0 Å². The van der Waals surface area contributed by atoms with Gasteiger partial charge in [0.1, 0.15) is 5.82 Å². The number of likely N-dealkylation sites (tertiary alicyclic amines) is 1. The Labute approximate surface area is 188 Å². The molecule has 4 nitrogen and oxygen atoms in total. The quantitative estimate of drug-likeness (QED) is 0.622. The summed E-state index contributed by atoms with van der Waals surface area (Å²) in [5, 5.41) is 5.01. The maximum absolute atomic E-state index is 14.2. The van der Waals surface area contributed by atoms with Gasteiger partial charge in [0.15, 0.2) is 0 Å². The lowest BCUT2D eigenvalue weighted by atomic mass is 9.84. The number of hydrogen-bond donors (Lipinski definition) is 1. The summed E-state index contributed by atoms with van der Waals surface area (Å²) in [6.45, 7) is 5.32. The van der Waals surface area contributed by atoms with Gasteiger partial charge in [-0.15, -0.1) is 0 Å². The van der Waals surface area contributed by atoms with Gasteiger partial charge in [-0.1, -0.05) is 68.4 Å². The Balaban J connectivity index is 1.35. The first kappa shape index (κ1) is 22.0. The van der Waals surface area contributed by atoms with Crippen molar-refractivity contribution < 1.29 is 14.0 Å². The van der Waals surface area contributed by atoms with Crippen molar-refractivity contribution in [2.75, 3.05) is 19.6 Å². The van der Waals surface area contributed by atoms with E-state index in [1.807, 2.05) is 67.3 Å². The zero-order valence-electron chi connectivity index (χ0n) is 18.6. The van der Waals surface area contributed by atoms with Crippen LogP contribution in [0.5, 0.6) is 0 Å². The number of piperidine rings is 1. The van der Waals surface area contributed by atoms with Crippen LogP contribution in [0.25, 0.3) is 10.8 Å². The molecular formula is C27H29FN2O2. The fourth-order valence-electron chi connectivity index (χ4n) is 4.48. The summed E-state index contributed by atoms with van der Waals surface area (Å²) in [6.07, 6.45) is 1.25. The van der Waals surface area contributed by atoms with Gasteiger partial charge in [0.25, 0.3) is 5.91 Å². The van der Waals surface area contributed by atoms with E-state index in [0.29, 0.717) is 43.6 Å². The number of carbonyl (C=O) groups excluding carboxylic acids is 2. The Hall–Kier alpha value is -3.21. The Morgan fingerprint density at radius 2 is 1.62 bits per heavy atom. The summed E-state index contributed by atoms with van der Waals surface area (Å²) in [6, 6.07) is 20.4. The van der Waals surface area contributed by atoms with Gasteiger partial charge in [0.05, 0.1) is 0 Å². The molecule has 0 radical (unpaired) electrons. The number of nitrogens with zero attached hydrogens (tertiary/aromatic N) is 1. The van der Waals surface area contributed by atoms with Crippen molar-refractivity contribution in [1.29, 1.82) is 0 Å². The maximum atomic E-state index is 14.2.